The lowest BCUT2D eigenvalue weighted by molar-refractivity contribution is -0.159. The van der Waals surface area contributed by atoms with Gasteiger partial charge in [0.1, 0.15) is 5.60 Å². The molecule has 2 nitrogen and oxygen atoms in total. The second-order valence-electron chi connectivity index (χ2n) is 5.33. The predicted octanol–water partition coefficient (Wildman–Crippen LogP) is 4.24. The van der Waals surface area contributed by atoms with Crippen LogP contribution in [0.25, 0.3) is 0 Å². The van der Waals surface area contributed by atoms with E-state index in [9.17, 15) is 4.79 Å². The van der Waals surface area contributed by atoms with Crippen LogP contribution in [0.3, 0.4) is 0 Å². The molecule has 0 N–H and O–H groups in total. The fourth-order valence-electron chi connectivity index (χ4n) is 2.78. The maximum Gasteiger partial charge on any atom is 0.330 e. The summed E-state index contributed by atoms with van der Waals surface area (Å²) < 4.78 is 5.62. The highest BCUT2D eigenvalue weighted by atomic mass is 16.6. The van der Waals surface area contributed by atoms with Gasteiger partial charge in [-0.25, -0.2) is 4.79 Å². The molecule has 0 aromatic carbocycles. The lowest BCUT2D eigenvalue weighted by Crippen LogP contribution is -2.39. The average Bonchev–Trinajstić information content (AvgIpc) is 2.28. The molecule has 0 amide bonds. The molecule has 0 bridgehead atoms. The van der Waals surface area contributed by atoms with Crippen LogP contribution in [0.15, 0.2) is 12.7 Å². The molecule has 1 rings (SSSR count). The molecule has 0 aliphatic heterocycles. The molecular formula is C15H26O2. The van der Waals surface area contributed by atoms with E-state index in [0.717, 1.165) is 6.42 Å². The summed E-state index contributed by atoms with van der Waals surface area (Å²) in [6.45, 7) is 7.67. The van der Waals surface area contributed by atoms with Crippen molar-refractivity contribution in [3.8, 4) is 0 Å². The second-order valence-corrected chi connectivity index (χ2v) is 5.33. The van der Waals surface area contributed by atoms with E-state index in [1.165, 1.54) is 51.0 Å². The van der Waals surface area contributed by atoms with E-state index in [0.29, 0.717) is 5.92 Å². The summed E-state index contributed by atoms with van der Waals surface area (Å²) in [5, 5.41) is 0. The largest absolute Gasteiger partial charge is 0.456 e. The molecule has 0 aromatic rings. The summed E-state index contributed by atoms with van der Waals surface area (Å²) in [4.78, 5) is 11.4. The van der Waals surface area contributed by atoms with Crippen molar-refractivity contribution in [1.82, 2.24) is 0 Å². The lowest BCUT2D eigenvalue weighted by atomic mass is 9.78. The monoisotopic (exact) mass is 238 g/mol. The first-order valence-electron chi connectivity index (χ1n) is 6.98. The van der Waals surface area contributed by atoms with Gasteiger partial charge in [-0.05, 0) is 32.1 Å². The first-order valence-corrected chi connectivity index (χ1v) is 6.98. The summed E-state index contributed by atoms with van der Waals surface area (Å²) in [5.74, 6) is 0.230. The van der Waals surface area contributed by atoms with Crippen molar-refractivity contribution >= 4 is 5.97 Å². The number of hydrogen-bond acceptors (Lipinski definition) is 2. The second kappa shape index (κ2) is 6.83. The number of esters is 1. The number of carbonyl (C=O) groups excluding carboxylic acids is 1. The van der Waals surface area contributed by atoms with Crippen LogP contribution in [0.2, 0.25) is 0 Å². The van der Waals surface area contributed by atoms with Gasteiger partial charge in [-0.15, -0.1) is 0 Å². The van der Waals surface area contributed by atoms with Crippen molar-refractivity contribution in [2.75, 3.05) is 0 Å². The van der Waals surface area contributed by atoms with Crippen molar-refractivity contribution in [2.45, 2.75) is 70.8 Å². The highest BCUT2D eigenvalue weighted by Gasteiger charge is 2.35. The molecular weight excluding hydrogens is 212 g/mol. The lowest BCUT2D eigenvalue weighted by Gasteiger charge is -2.37. The summed E-state index contributed by atoms with van der Waals surface area (Å²) in [7, 11) is 0. The molecule has 0 heterocycles. The third kappa shape index (κ3) is 4.18. The fraction of sp³-hybridized carbons (Fsp3) is 0.800. The third-order valence-electron chi connectivity index (χ3n) is 4.17. The maximum atomic E-state index is 11.4. The van der Waals surface area contributed by atoms with Gasteiger partial charge in [0, 0.05) is 6.08 Å². The average molecular weight is 238 g/mol. The van der Waals surface area contributed by atoms with Crippen molar-refractivity contribution in [1.29, 1.82) is 0 Å². The quantitative estimate of drug-likeness (QED) is 0.541. The molecule has 0 saturated heterocycles. The Morgan fingerprint density at radius 2 is 1.82 bits per heavy atom. The van der Waals surface area contributed by atoms with E-state index < -0.39 is 0 Å². The molecule has 1 aliphatic rings. The van der Waals surface area contributed by atoms with E-state index >= 15 is 0 Å². The highest BCUT2D eigenvalue weighted by Crippen LogP contribution is 2.35. The van der Waals surface area contributed by atoms with Crippen LogP contribution in [-0.2, 0) is 9.53 Å². The molecule has 1 saturated carbocycles. The van der Waals surface area contributed by atoms with Gasteiger partial charge in [0.25, 0.3) is 0 Å². The Hall–Kier alpha value is -0.790. The van der Waals surface area contributed by atoms with Gasteiger partial charge >= 0.3 is 5.97 Å². The summed E-state index contributed by atoms with van der Waals surface area (Å²) in [6.07, 6.45) is 11.1. The van der Waals surface area contributed by atoms with Gasteiger partial charge in [0.15, 0.2) is 0 Å². The molecule has 98 valence electrons. The Bertz CT molecular complexity index is 252. The standard InChI is InChI=1S/C15H26O2/c1-4-14(16)17-15(3,5-2)13-11-9-7-6-8-10-12-13/h4,13H,1,5-12H2,2-3H3. The van der Waals surface area contributed by atoms with E-state index in [1.807, 2.05) is 0 Å². The van der Waals surface area contributed by atoms with Crippen molar-refractivity contribution in [2.24, 2.45) is 5.92 Å². The molecule has 1 unspecified atom stereocenters. The smallest absolute Gasteiger partial charge is 0.330 e. The van der Waals surface area contributed by atoms with Gasteiger partial charge in [-0.1, -0.05) is 45.6 Å². The van der Waals surface area contributed by atoms with Gasteiger partial charge in [-0.2, -0.15) is 0 Å². The van der Waals surface area contributed by atoms with E-state index in [2.05, 4.69) is 20.4 Å². The van der Waals surface area contributed by atoms with Gasteiger partial charge in [-0.3, -0.25) is 0 Å². The van der Waals surface area contributed by atoms with Crippen LogP contribution in [0.1, 0.15) is 65.2 Å². The highest BCUT2D eigenvalue weighted by molar-refractivity contribution is 5.81. The minimum absolute atomic E-state index is 0.281. The van der Waals surface area contributed by atoms with Crippen molar-refractivity contribution < 1.29 is 9.53 Å². The van der Waals surface area contributed by atoms with Crippen LogP contribution in [0.5, 0.6) is 0 Å². The molecule has 0 aromatic heterocycles. The van der Waals surface area contributed by atoms with E-state index in [4.69, 9.17) is 4.74 Å². The summed E-state index contributed by atoms with van der Waals surface area (Å²) in [6, 6.07) is 0. The van der Waals surface area contributed by atoms with E-state index in [1.54, 1.807) is 0 Å². The van der Waals surface area contributed by atoms with Crippen LogP contribution < -0.4 is 0 Å². The zero-order valence-corrected chi connectivity index (χ0v) is 11.3. The molecule has 2 heteroatoms. The summed E-state index contributed by atoms with van der Waals surface area (Å²) >= 11 is 0. The first kappa shape index (κ1) is 14.3. The van der Waals surface area contributed by atoms with Crippen molar-refractivity contribution in [3.05, 3.63) is 12.7 Å². The Morgan fingerprint density at radius 1 is 1.29 bits per heavy atom. The van der Waals surface area contributed by atoms with Gasteiger partial charge < -0.3 is 4.74 Å². The van der Waals surface area contributed by atoms with Crippen LogP contribution in [-0.4, -0.2) is 11.6 Å². The van der Waals surface area contributed by atoms with Crippen LogP contribution in [0, 0.1) is 5.92 Å². The topological polar surface area (TPSA) is 26.3 Å². The predicted molar refractivity (Wildman–Crippen MR) is 70.8 cm³/mol. The Kier molecular flexibility index (Phi) is 5.73. The minimum Gasteiger partial charge on any atom is -0.456 e. The Labute approximate surface area is 105 Å². The molecule has 1 aliphatic carbocycles. The van der Waals surface area contributed by atoms with E-state index in [-0.39, 0.29) is 11.6 Å². The molecule has 0 radical (unpaired) electrons. The third-order valence-corrected chi connectivity index (χ3v) is 4.17. The first-order chi connectivity index (χ1) is 8.12. The van der Waals surface area contributed by atoms with Gasteiger partial charge in [0.05, 0.1) is 0 Å². The molecule has 0 spiro atoms. The van der Waals surface area contributed by atoms with Crippen molar-refractivity contribution in [3.63, 3.8) is 0 Å². The SMILES string of the molecule is C=CC(=O)OC(C)(CC)C1CCCCCCC1. The van der Waals surface area contributed by atoms with Crippen LogP contribution >= 0.6 is 0 Å². The normalized spacial score (nSPS) is 22.0. The number of hydrogen-bond donors (Lipinski definition) is 0. The molecule has 17 heavy (non-hydrogen) atoms. The maximum absolute atomic E-state index is 11.4. The zero-order valence-electron chi connectivity index (χ0n) is 11.3. The number of rotatable bonds is 4. The minimum atomic E-state index is -0.303. The Balaban J connectivity index is 2.67. The molecule has 1 atom stereocenters. The molecule has 1 fully saturated rings. The fourth-order valence-corrected chi connectivity index (χ4v) is 2.78. The zero-order chi connectivity index (χ0) is 12.7. The van der Waals surface area contributed by atoms with Crippen LogP contribution in [0.4, 0.5) is 0 Å². The summed E-state index contributed by atoms with van der Waals surface area (Å²) in [5.41, 5.74) is -0.303. The Morgan fingerprint density at radius 3 is 2.29 bits per heavy atom. The number of ether oxygens (including phenoxy) is 1. The van der Waals surface area contributed by atoms with Gasteiger partial charge in [0.2, 0.25) is 0 Å². The number of carbonyl (C=O) groups is 1.